The molecule has 3 rings (SSSR count). The molecule has 0 aromatic heterocycles. The molecule has 0 radical (unpaired) electrons. The Bertz CT molecular complexity index is 604. The number of benzene rings is 1. The summed E-state index contributed by atoms with van der Waals surface area (Å²) < 4.78 is 18.9. The molecule has 0 bridgehead atoms. The maximum absolute atomic E-state index is 13.7. The fraction of sp³-hybridized carbons (Fsp3) is 0.529. The fourth-order valence-corrected chi connectivity index (χ4v) is 3.16. The largest absolute Gasteiger partial charge is 0.378 e. The van der Waals surface area contributed by atoms with Gasteiger partial charge in [0, 0.05) is 26.2 Å². The van der Waals surface area contributed by atoms with Gasteiger partial charge >= 0.3 is 6.03 Å². The van der Waals surface area contributed by atoms with Crippen LogP contribution in [0.5, 0.6) is 0 Å². The number of carbonyl (C=O) groups excluding carboxylic acids is 2. The van der Waals surface area contributed by atoms with E-state index in [1.54, 1.807) is 17.0 Å². The van der Waals surface area contributed by atoms with Crippen LogP contribution in [0.15, 0.2) is 24.3 Å². The van der Waals surface area contributed by atoms with E-state index in [0.717, 1.165) is 12.8 Å². The maximum Gasteiger partial charge on any atom is 0.321 e. The molecule has 2 saturated heterocycles. The highest BCUT2D eigenvalue weighted by atomic mass is 19.1. The molecule has 7 heteroatoms. The number of urea groups is 1. The van der Waals surface area contributed by atoms with Gasteiger partial charge in [-0.05, 0) is 25.0 Å². The Balaban J connectivity index is 1.59. The standard InChI is InChI=1S/C17H22FN3O3/c18-14-5-1-2-6-15(14)19-17(23)21-7-3-4-13(12-21)16(22)20-8-10-24-11-9-20/h1-2,5-6,13H,3-4,7-12H2,(H,19,23). The summed E-state index contributed by atoms with van der Waals surface area (Å²) in [5.74, 6) is -0.575. The summed E-state index contributed by atoms with van der Waals surface area (Å²) in [4.78, 5) is 28.4. The van der Waals surface area contributed by atoms with Gasteiger partial charge in [0.1, 0.15) is 5.82 Å². The average molecular weight is 335 g/mol. The number of piperidine rings is 1. The smallest absolute Gasteiger partial charge is 0.321 e. The summed E-state index contributed by atoms with van der Waals surface area (Å²) in [7, 11) is 0. The van der Waals surface area contributed by atoms with Crippen LogP contribution < -0.4 is 5.32 Å². The van der Waals surface area contributed by atoms with Crippen LogP contribution >= 0.6 is 0 Å². The van der Waals surface area contributed by atoms with Crippen LogP contribution in [-0.4, -0.2) is 61.1 Å². The van der Waals surface area contributed by atoms with E-state index in [1.807, 2.05) is 4.90 Å². The SMILES string of the molecule is O=C(Nc1ccccc1F)N1CCCC(C(=O)N2CCOCC2)C1. The van der Waals surface area contributed by atoms with Gasteiger partial charge in [-0.15, -0.1) is 0 Å². The second-order valence-corrected chi connectivity index (χ2v) is 6.13. The Morgan fingerprint density at radius 2 is 1.88 bits per heavy atom. The van der Waals surface area contributed by atoms with Gasteiger partial charge in [0.25, 0.3) is 0 Å². The minimum absolute atomic E-state index is 0.0849. The lowest BCUT2D eigenvalue weighted by atomic mass is 9.96. The average Bonchev–Trinajstić information content (AvgIpc) is 2.64. The van der Waals surface area contributed by atoms with E-state index < -0.39 is 5.82 Å². The van der Waals surface area contributed by atoms with Crippen LogP contribution in [0.25, 0.3) is 0 Å². The molecule has 1 atom stereocenters. The minimum Gasteiger partial charge on any atom is -0.378 e. The summed E-state index contributed by atoms with van der Waals surface area (Å²) in [6, 6.07) is 5.70. The molecule has 1 unspecified atom stereocenters. The highest BCUT2D eigenvalue weighted by Crippen LogP contribution is 2.21. The van der Waals surface area contributed by atoms with Crippen LogP contribution in [-0.2, 0) is 9.53 Å². The van der Waals surface area contributed by atoms with Gasteiger partial charge in [0.2, 0.25) is 5.91 Å². The van der Waals surface area contributed by atoms with Crippen LogP contribution in [0, 0.1) is 11.7 Å². The topological polar surface area (TPSA) is 61.9 Å². The number of nitrogens with one attached hydrogen (secondary N) is 1. The third-order valence-corrected chi connectivity index (χ3v) is 4.50. The number of anilines is 1. The Labute approximate surface area is 140 Å². The molecule has 6 nitrogen and oxygen atoms in total. The Hall–Kier alpha value is -2.15. The summed E-state index contributed by atoms with van der Waals surface area (Å²) in [5.41, 5.74) is 0.157. The Morgan fingerprint density at radius 3 is 2.62 bits per heavy atom. The fourth-order valence-electron chi connectivity index (χ4n) is 3.16. The van der Waals surface area contributed by atoms with Gasteiger partial charge in [-0.1, -0.05) is 12.1 Å². The highest BCUT2D eigenvalue weighted by molar-refractivity contribution is 5.90. The summed E-state index contributed by atoms with van der Waals surface area (Å²) in [6.07, 6.45) is 1.55. The lowest BCUT2D eigenvalue weighted by Gasteiger charge is -2.36. The van der Waals surface area contributed by atoms with Crippen molar-refractivity contribution in [2.24, 2.45) is 5.92 Å². The zero-order valence-corrected chi connectivity index (χ0v) is 13.5. The molecule has 1 aromatic rings. The lowest BCUT2D eigenvalue weighted by molar-refractivity contribution is -0.141. The van der Waals surface area contributed by atoms with Crippen molar-refractivity contribution in [2.45, 2.75) is 12.8 Å². The zero-order valence-electron chi connectivity index (χ0n) is 13.5. The van der Waals surface area contributed by atoms with Gasteiger partial charge in [-0.25, -0.2) is 9.18 Å². The molecule has 1 N–H and O–H groups in total. The summed E-state index contributed by atoms with van der Waals surface area (Å²) in [6.45, 7) is 3.29. The van der Waals surface area contributed by atoms with Crippen LogP contribution in [0.2, 0.25) is 0 Å². The lowest BCUT2D eigenvalue weighted by Crippen LogP contribution is -2.50. The molecule has 2 aliphatic heterocycles. The molecular formula is C17H22FN3O3. The molecule has 0 spiro atoms. The highest BCUT2D eigenvalue weighted by Gasteiger charge is 2.32. The number of amides is 3. The Morgan fingerprint density at radius 1 is 1.12 bits per heavy atom. The normalized spacial score (nSPS) is 21.5. The number of carbonyl (C=O) groups is 2. The number of halogens is 1. The van der Waals surface area contributed by atoms with E-state index in [2.05, 4.69) is 5.32 Å². The number of para-hydroxylation sites is 1. The molecule has 3 amide bonds. The number of morpholine rings is 1. The molecule has 1 aromatic carbocycles. The van der Waals surface area contributed by atoms with Crippen molar-refractivity contribution >= 4 is 17.6 Å². The van der Waals surface area contributed by atoms with Gasteiger partial charge in [-0.2, -0.15) is 0 Å². The van der Waals surface area contributed by atoms with Gasteiger partial charge in [-0.3, -0.25) is 4.79 Å². The van der Waals surface area contributed by atoms with Crippen molar-refractivity contribution < 1.29 is 18.7 Å². The van der Waals surface area contributed by atoms with Crippen molar-refractivity contribution in [1.29, 1.82) is 0 Å². The van der Waals surface area contributed by atoms with Gasteiger partial charge in [0.15, 0.2) is 0 Å². The Kier molecular flexibility index (Phi) is 5.30. The van der Waals surface area contributed by atoms with Crippen molar-refractivity contribution in [3.8, 4) is 0 Å². The van der Waals surface area contributed by atoms with E-state index in [1.165, 1.54) is 12.1 Å². The predicted octanol–water partition coefficient (Wildman–Crippen LogP) is 1.93. The first kappa shape index (κ1) is 16.7. The minimum atomic E-state index is -0.469. The van der Waals surface area contributed by atoms with E-state index in [9.17, 15) is 14.0 Å². The second-order valence-electron chi connectivity index (χ2n) is 6.13. The molecule has 130 valence electrons. The third-order valence-electron chi connectivity index (χ3n) is 4.50. The molecule has 0 aliphatic carbocycles. The molecule has 0 saturated carbocycles. The molecule has 2 fully saturated rings. The van der Waals surface area contributed by atoms with Crippen molar-refractivity contribution in [3.63, 3.8) is 0 Å². The van der Waals surface area contributed by atoms with Crippen LogP contribution in [0.3, 0.4) is 0 Å². The monoisotopic (exact) mass is 335 g/mol. The number of ether oxygens (including phenoxy) is 1. The van der Waals surface area contributed by atoms with Crippen molar-refractivity contribution in [1.82, 2.24) is 9.80 Å². The second kappa shape index (κ2) is 7.61. The summed E-state index contributed by atoms with van der Waals surface area (Å²) in [5, 5.41) is 2.59. The molecule has 2 aliphatic rings. The first-order chi connectivity index (χ1) is 11.6. The number of rotatable bonds is 2. The number of nitrogens with zero attached hydrogens (tertiary/aromatic N) is 2. The van der Waals surface area contributed by atoms with Crippen LogP contribution in [0.1, 0.15) is 12.8 Å². The van der Waals surface area contributed by atoms with Crippen LogP contribution in [0.4, 0.5) is 14.9 Å². The predicted molar refractivity (Wildman–Crippen MR) is 87.1 cm³/mol. The molecular weight excluding hydrogens is 313 g/mol. The first-order valence-corrected chi connectivity index (χ1v) is 8.32. The molecule has 24 heavy (non-hydrogen) atoms. The quantitative estimate of drug-likeness (QED) is 0.898. The van der Waals surface area contributed by atoms with E-state index in [-0.39, 0.29) is 23.5 Å². The third kappa shape index (κ3) is 3.84. The van der Waals surface area contributed by atoms with Crippen molar-refractivity contribution in [3.05, 3.63) is 30.1 Å². The number of likely N-dealkylation sites (tertiary alicyclic amines) is 1. The number of hydrogen-bond donors (Lipinski definition) is 1. The summed E-state index contributed by atoms with van der Waals surface area (Å²) >= 11 is 0. The maximum atomic E-state index is 13.7. The van der Waals surface area contributed by atoms with E-state index in [4.69, 9.17) is 4.74 Å². The first-order valence-electron chi connectivity index (χ1n) is 8.32. The van der Waals surface area contributed by atoms with E-state index >= 15 is 0 Å². The van der Waals surface area contributed by atoms with Gasteiger partial charge in [0.05, 0.1) is 24.8 Å². The van der Waals surface area contributed by atoms with Crippen molar-refractivity contribution in [2.75, 3.05) is 44.7 Å². The van der Waals surface area contributed by atoms with Gasteiger partial charge < -0.3 is 19.9 Å². The molecule has 2 heterocycles. The van der Waals surface area contributed by atoms with E-state index in [0.29, 0.717) is 39.4 Å². The zero-order chi connectivity index (χ0) is 16.9. The number of hydrogen-bond acceptors (Lipinski definition) is 3.